The molecule has 0 atom stereocenters. The van der Waals surface area contributed by atoms with Crippen LogP contribution in [0.25, 0.3) is 0 Å². The summed E-state index contributed by atoms with van der Waals surface area (Å²) in [6.07, 6.45) is 0. The number of anilines is 3. The van der Waals surface area contributed by atoms with Gasteiger partial charge in [0.25, 0.3) is 0 Å². The van der Waals surface area contributed by atoms with Crippen LogP contribution in [0.5, 0.6) is 0 Å². The average molecular weight is 303 g/mol. The highest BCUT2D eigenvalue weighted by Crippen LogP contribution is 2.40. The molecule has 0 saturated heterocycles. The number of carboxylic acids is 1. The summed E-state index contributed by atoms with van der Waals surface area (Å²) < 4.78 is 0. The number of nitrogens with one attached hydrogen (secondary N) is 1. The number of carboxylic acid groups (broad SMARTS) is 1. The standard InChI is InChI=1S/C15H11ClN2O3/c16-10-5-3-4-9(15(20)21)14(10)18-8-13(19)17-11-6-1-2-7-12(11)18/h1-7H,8H2,(H,17,19)(H,20,21). The highest BCUT2D eigenvalue weighted by atomic mass is 35.5. The number of hydrogen-bond donors (Lipinski definition) is 2. The molecule has 0 saturated carbocycles. The van der Waals surface area contributed by atoms with E-state index in [-0.39, 0.29) is 18.0 Å². The molecular weight excluding hydrogens is 292 g/mol. The van der Waals surface area contributed by atoms with Crippen LogP contribution in [-0.2, 0) is 4.79 Å². The van der Waals surface area contributed by atoms with Crippen LogP contribution < -0.4 is 10.2 Å². The summed E-state index contributed by atoms with van der Waals surface area (Å²) in [6, 6.07) is 11.8. The Hall–Kier alpha value is -2.53. The second-order valence-electron chi connectivity index (χ2n) is 4.59. The largest absolute Gasteiger partial charge is 0.478 e. The minimum Gasteiger partial charge on any atom is -0.478 e. The van der Waals surface area contributed by atoms with E-state index >= 15 is 0 Å². The van der Waals surface area contributed by atoms with Crippen LogP contribution in [-0.4, -0.2) is 23.5 Å². The smallest absolute Gasteiger partial charge is 0.337 e. The Kier molecular flexibility index (Phi) is 3.27. The maximum Gasteiger partial charge on any atom is 0.337 e. The molecule has 2 aromatic carbocycles. The van der Waals surface area contributed by atoms with Crippen molar-refractivity contribution in [2.45, 2.75) is 0 Å². The number of carbonyl (C=O) groups is 2. The van der Waals surface area contributed by atoms with Gasteiger partial charge in [-0.3, -0.25) is 4.79 Å². The summed E-state index contributed by atoms with van der Waals surface area (Å²) in [5.41, 5.74) is 1.73. The summed E-state index contributed by atoms with van der Waals surface area (Å²) >= 11 is 6.18. The van der Waals surface area contributed by atoms with Crippen molar-refractivity contribution in [3.8, 4) is 0 Å². The second kappa shape index (κ2) is 5.10. The number of amides is 1. The lowest BCUT2D eigenvalue weighted by atomic mass is 10.1. The van der Waals surface area contributed by atoms with Gasteiger partial charge in [-0.15, -0.1) is 0 Å². The first-order chi connectivity index (χ1) is 10.1. The van der Waals surface area contributed by atoms with Crippen molar-refractivity contribution in [3.63, 3.8) is 0 Å². The molecule has 0 spiro atoms. The van der Waals surface area contributed by atoms with Gasteiger partial charge in [0.15, 0.2) is 0 Å². The SMILES string of the molecule is O=C1CN(c2c(Cl)cccc2C(=O)O)c2ccccc2N1. The van der Waals surface area contributed by atoms with E-state index in [1.165, 1.54) is 6.07 Å². The Bertz CT molecular complexity index is 745. The third kappa shape index (κ3) is 2.32. The lowest BCUT2D eigenvalue weighted by Gasteiger charge is -2.32. The zero-order valence-electron chi connectivity index (χ0n) is 10.8. The van der Waals surface area contributed by atoms with E-state index in [1.807, 2.05) is 12.1 Å². The molecule has 1 heterocycles. The summed E-state index contributed by atoms with van der Waals surface area (Å²) in [5.74, 6) is -1.30. The first kappa shape index (κ1) is 13.5. The minimum absolute atomic E-state index is 0.0149. The normalized spacial score (nSPS) is 13.6. The maximum absolute atomic E-state index is 11.9. The fraction of sp³-hybridized carbons (Fsp3) is 0.0667. The van der Waals surface area contributed by atoms with Gasteiger partial charge in [-0.2, -0.15) is 0 Å². The molecule has 0 aromatic heterocycles. The number of hydrogen-bond acceptors (Lipinski definition) is 3. The molecule has 1 aliphatic heterocycles. The lowest BCUT2D eigenvalue weighted by molar-refractivity contribution is -0.115. The van der Waals surface area contributed by atoms with Crippen molar-refractivity contribution in [1.82, 2.24) is 0 Å². The maximum atomic E-state index is 11.9. The molecule has 0 radical (unpaired) electrons. The molecule has 2 aromatic rings. The predicted molar refractivity (Wildman–Crippen MR) is 80.5 cm³/mol. The van der Waals surface area contributed by atoms with Crippen molar-refractivity contribution >= 4 is 40.5 Å². The third-order valence-corrected chi connectivity index (χ3v) is 3.56. The van der Waals surface area contributed by atoms with Crippen molar-refractivity contribution in [2.24, 2.45) is 0 Å². The molecule has 1 aliphatic rings. The zero-order chi connectivity index (χ0) is 15.0. The molecule has 0 bridgehead atoms. The van der Waals surface area contributed by atoms with E-state index in [0.29, 0.717) is 22.1 Å². The Morgan fingerprint density at radius 3 is 2.71 bits per heavy atom. The summed E-state index contributed by atoms with van der Waals surface area (Å²) in [5, 5.41) is 12.4. The molecule has 106 valence electrons. The fourth-order valence-corrected chi connectivity index (χ4v) is 2.67. The lowest BCUT2D eigenvalue weighted by Crippen LogP contribution is -2.35. The summed E-state index contributed by atoms with van der Waals surface area (Å²) in [7, 11) is 0. The number of benzene rings is 2. The van der Waals surface area contributed by atoms with Gasteiger partial charge >= 0.3 is 5.97 Å². The van der Waals surface area contributed by atoms with E-state index < -0.39 is 5.97 Å². The fourth-order valence-electron chi connectivity index (χ4n) is 2.39. The van der Waals surface area contributed by atoms with Crippen molar-refractivity contribution in [3.05, 3.63) is 53.1 Å². The number of para-hydroxylation sites is 3. The molecule has 0 aliphatic carbocycles. The van der Waals surface area contributed by atoms with Crippen LogP contribution in [0, 0.1) is 0 Å². The molecule has 3 rings (SSSR count). The van der Waals surface area contributed by atoms with Crippen molar-refractivity contribution in [1.29, 1.82) is 0 Å². The number of rotatable bonds is 2. The average Bonchev–Trinajstić information content (AvgIpc) is 2.46. The highest BCUT2D eigenvalue weighted by molar-refractivity contribution is 6.34. The number of fused-ring (bicyclic) bond motifs is 1. The number of nitrogens with zero attached hydrogens (tertiary/aromatic N) is 1. The quantitative estimate of drug-likeness (QED) is 0.894. The molecule has 1 amide bonds. The predicted octanol–water partition coefficient (Wildman–Crippen LogP) is 3.13. The Morgan fingerprint density at radius 2 is 1.95 bits per heavy atom. The van der Waals surface area contributed by atoms with E-state index in [1.54, 1.807) is 29.2 Å². The van der Waals surface area contributed by atoms with Crippen LogP contribution in [0.3, 0.4) is 0 Å². The molecular formula is C15H11ClN2O3. The molecule has 5 nitrogen and oxygen atoms in total. The first-order valence-corrected chi connectivity index (χ1v) is 6.64. The minimum atomic E-state index is -1.09. The third-order valence-electron chi connectivity index (χ3n) is 3.26. The Balaban J connectivity index is 2.22. The summed E-state index contributed by atoms with van der Waals surface area (Å²) in [6.45, 7) is 0.0149. The summed E-state index contributed by atoms with van der Waals surface area (Å²) in [4.78, 5) is 24.9. The number of aromatic carboxylic acids is 1. The van der Waals surface area contributed by atoms with E-state index in [0.717, 1.165) is 0 Å². The molecule has 0 fully saturated rings. The van der Waals surface area contributed by atoms with E-state index in [2.05, 4.69) is 5.32 Å². The van der Waals surface area contributed by atoms with Crippen LogP contribution >= 0.6 is 11.6 Å². The topological polar surface area (TPSA) is 69.6 Å². The highest BCUT2D eigenvalue weighted by Gasteiger charge is 2.27. The van der Waals surface area contributed by atoms with Crippen LogP contribution in [0.4, 0.5) is 17.1 Å². The van der Waals surface area contributed by atoms with Crippen molar-refractivity contribution < 1.29 is 14.7 Å². The van der Waals surface area contributed by atoms with Crippen LogP contribution in [0.1, 0.15) is 10.4 Å². The van der Waals surface area contributed by atoms with Gasteiger partial charge < -0.3 is 15.3 Å². The van der Waals surface area contributed by atoms with Gasteiger partial charge in [-0.05, 0) is 24.3 Å². The Labute approximate surface area is 125 Å². The molecule has 0 unspecified atom stereocenters. The van der Waals surface area contributed by atoms with E-state index in [9.17, 15) is 14.7 Å². The van der Waals surface area contributed by atoms with Gasteiger partial charge in [0, 0.05) is 0 Å². The van der Waals surface area contributed by atoms with Gasteiger partial charge in [0.2, 0.25) is 5.91 Å². The Morgan fingerprint density at radius 1 is 1.19 bits per heavy atom. The van der Waals surface area contributed by atoms with Crippen molar-refractivity contribution in [2.75, 3.05) is 16.8 Å². The monoisotopic (exact) mass is 302 g/mol. The van der Waals surface area contributed by atoms with Gasteiger partial charge in [-0.1, -0.05) is 29.8 Å². The first-order valence-electron chi connectivity index (χ1n) is 6.26. The van der Waals surface area contributed by atoms with Gasteiger partial charge in [-0.25, -0.2) is 4.79 Å². The van der Waals surface area contributed by atoms with Gasteiger partial charge in [0.1, 0.15) is 6.54 Å². The van der Waals surface area contributed by atoms with Crippen LogP contribution in [0.2, 0.25) is 5.02 Å². The number of halogens is 1. The van der Waals surface area contributed by atoms with E-state index in [4.69, 9.17) is 11.6 Å². The molecule has 6 heteroatoms. The second-order valence-corrected chi connectivity index (χ2v) is 5.00. The zero-order valence-corrected chi connectivity index (χ0v) is 11.6. The van der Waals surface area contributed by atoms with Gasteiger partial charge in [0.05, 0.1) is 27.6 Å². The number of carbonyl (C=O) groups excluding carboxylic acids is 1. The molecule has 2 N–H and O–H groups in total. The molecule has 21 heavy (non-hydrogen) atoms. The van der Waals surface area contributed by atoms with Crippen LogP contribution in [0.15, 0.2) is 42.5 Å².